The summed E-state index contributed by atoms with van der Waals surface area (Å²) in [6, 6.07) is 11.1. The molecule has 4 rings (SSSR count). The summed E-state index contributed by atoms with van der Waals surface area (Å²) >= 11 is 6.19. The van der Waals surface area contributed by atoms with Crippen LogP contribution in [0.25, 0.3) is 5.76 Å². The smallest absolute Gasteiger partial charge is 0.295 e. The first kappa shape index (κ1) is 23.1. The number of ether oxygens (including phenoxy) is 3. The number of nitrogens with zero attached hydrogens (tertiary/aromatic N) is 1. The van der Waals surface area contributed by atoms with Gasteiger partial charge in [-0.25, -0.2) is 0 Å². The van der Waals surface area contributed by atoms with Crippen molar-refractivity contribution in [2.75, 3.05) is 26.9 Å². The number of carbonyl (C=O) groups is 2. The Balaban J connectivity index is 1.86. The normalized spacial score (nSPS) is 22.1. The number of carbonyl (C=O) groups excluding carboxylic acids is 2. The molecule has 2 aromatic rings. The highest BCUT2D eigenvalue weighted by atomic mass is 35.5. The molecule has 0 radical (unpaired) electrons. The Labute approximate surface area is 197 Å². The first-order valence-corrected chi connectivity index (χ1v) is 11.3. The van der Waals surface area contributed by atoms with Gasteiger partial charge in [0, 0.05) is 24.3 Å². The molecule has 2 aliphatic heterocycles. The molecule has 2 saturated heterocycles. The molecule has 2 heterocycles. The van der Waals surface area contributed by atoms with Gasteiger partial charge in [0.25, 0.3) is 11.7 Å². The van der Waals surface area contributed by atoms with Gasteiger partial charge in [0.2, 0.25) is 0 Å². The lowest BCUT2D eigenvalue weighted by Crippen LogP contribution is -2.36. The zero-order valence-electron chi connectivity index (χ0n) is 18.5. The Morgan fingerprint density at radius 2 is 2.00 bits per heavy atom. The summed E-state index contributed by atoms with van der Waals surface area (Å²) in [6.07, 6.45) is 1.54. The van der Waals surface area contributed by atoms with Crippen molar-refractivity contribution in [2.24, 2.45) is 0 Å². The van der Waals surface area contributed by atoms with Crippen LogP contribution in [0.15, 0.2) is 48.0 Å². The van der Waals surface area contributed by atoms with E-state index in [-0.39, 0.29) is 24.0 Å². The summed E-state index contributed by atoms with van der Waals surface area (Å²) in [6.45, 7) is 3.08. The van der Waals surface area contributed by atoms with Crippen molar-refractivity contribution in [1.82, 2.24) is 4.90 Å². The first-order valence-electron chi connectivity index (χ1n) is 10.9. The molecule has 2 aliphatic rings. The minimum atomic E-state index is -0.823. The summed E-state index contributed by atoms with van der Waals surface area (Å²) in [5.74, 6) is -0.836. The Kier molecular flexibility index (Phi) is 6.91. The lowest BCUT2D eigenvalue weighted by atomic mass is 9.94. The maximum absolute atomic E-state index is 13.2. The number of hydrogen-bond acceptors (Lipinski definition) is 6. The molecule has 2 unspecified atom stereocenters. The molecule has 0 aromatic heterocycles. The van der Waals surface area contributed by atoms with Gasteiger partial charge in [0.1, 0.15) is 17.3 Å². The maximum atomic E-state index is 13.2. The van der Waals surface area contributed by atoms with Crippen molar-refractivity contribution in [3.8, 4) is 11.5 Å². The van der Waals surface area contributed by atoms with Gasteiger partial charge in [0.05, 0.1) is 36.5 Å². The topological polar surface area (TPSA) is 85.3 Å². The van der Waals surface area contributed by atoms with Crippen LogP contribution in [0.4, 0.5) is 0 Å². The molecule has 2 fully saturated rings. The van der Waals surface area contributed by atoms with E-state index in [1.807, 2.05) is 13.0 Å². The summed E-state index contributed by atoms with van der Waals surface area (Å²) in [4.78, 5) is 27.8. The Morgan fingerprint density at radius 1 is 1.21 bits per heavy atom. The highest BCUT2D eigenvalue weighted by Crippen LogP contribution is 2.43. The summed E-state index contributed by atoms with van der Waals surface area (Å²) in [7, 11) is 1.53. The van der Waals surface area contributed by atoms with Gasteiger partial charge < -0.3 is 24.2 Å². The van der Waals surface area contributed by atoms with Gasteiger partial charge in [-0.1, -0.05) is 29.8 Å². The summed E-state index contributed by atoms with van der Waals surface area (Å²) in [5.41, 5.74) is 0.933. The number of ketones is 1. The number of likely N-dealkylation sites (tertiary alicyclic amines) is 1. The van der Waals surface area contributed by atoms with Gasteiger partial charge in [0.15, 0.2) is 0 Å². The van der Waals surface area contributed by atoms with Crippen LogP contribution in [-0.4, -0.2) is 54.7 Å². The van der Waals surface area contributed by atoms with Crippen molar-refractivity contribution in [3.63, 3.8) is 0 Å². The number of amides is 1. The maximum Gasteiger partial charge on any atom is 0.295 e. The quantitative estimate of drug-likeness (QED) is 0.367. The van der Waals surface area contributed by atoms with Crippen LogP contribution in [0.1, 0.15) is 36.9 Å². The zero-order chi connectivity index (χ0) is 23.5. The number of aliphatic hydroxyl groups excluding tert-OH is 1. The molecule has 1 N–H and O–H groups in total. The fraction of sp³-hybridized carbons (Fsp3) is 0.360. The zero-order valence-corrected chi connectivity index (χ0v) is 19.3. The third-order valence-electron chi connectivity index (χ3n) is 5.90. The van der Waals surface area contributed by atoms with Crippen LogP contribution in [-0.2, 0) is 14.3 Å². The van der Waals surface area contributed by atoms with E-state index in [1.54, 1.807) is 36.4 Å². The van der Waals surface area contributed by atoms with Crippen LogP contribution < -0.4 is 9.47 Å². The molecule has 8 heteroatoms. The molecule has 0 saturated carbocycles. The Bertz CT molecular complexity index is 1090. The van der Waals surface area contributed by atoms with E-state index in [1.165, 1.54) is 12.0 Å². The van der Waals surface area contributed by atoms with Gasteiger partial charge in [-0.2, -0.15) is 0 Å². The average Bonchev–Trinajstić information content (AvgIpc) is 3.42. The fourth-order valence-corrected chi connectivity index (χ4v) is 4.54. The third-order valence-corrected chi connectivity index (χ3v) is 6.21. The van der Waals surface area contributed by atoms with E-state index in [4.69, 9.17) is 25.8 Å². The molecule has 0 spiro atoms. The van der Waals surface area contributed by atoms with Gasteiger partial charge in [-0.15, -0.1) is 0 Å². The second-order valence-electron chi connectivity index (χ2n) is 7.91. The van der Waals surface area contributed by atoms with E-state index in [0.717, 1.165) is 12.8 Å². The van der Waals surface area contributed by atoms with E-state index in [9.17, 15) is 14.7 Å². The molecule has 7 nitrogen and oxygen atoms in total. The van der Waals surface area contributed by atoms with E-state index in [2.05, 4.69) is 0 Å². The van der Waals surface area contributed by atoms with Gasteiger partial charge in [-0.05, 0) is 44.0 Å². The number of Topliss-reactive ketones (excluding diaryl/α,β-unsaturated/α-hetero) is 1. The van der Waals surface area contributed by atoms with Crippen molar-refractivity contribution in [1.29, 1.82) is 0 Å². The van der Waals surface area contributed by atoms with Crippen molar-refractivity contribution in [3.05, 3.63) is 64.2 Å². The van der Waals surface area contributed by atoms with Crippen LogP contribution in [0.3, 0.4) is 0 Å². The molecule has 2 aromatic carbocycles. The van der Waals surface area contributed by atoms with Crippen molar-refractivity contribution < 1.29 is 28.9 Å². The molecule has 2 atom stereocenters. The number of rotatable bonds is 7. The molecule has 1 amide bonds. The largest absolute Gasteiger partial charge is 0.507 e. The molecule has 0 bridgehead atoms. The summed E-state index contributed by atoms with van der Waals surface area (Å²) in [5, 5.41) is 11.7. The lowest BCUT2D eigenvalue weighted by molar-refractivity contribution is -0.140. The van der Waals surface area contributed by atoms with Crippen LogP contribution in [0, 0.1) is 0 Å². The average molecular weight is 472 g/mol. The standard InChI is InChI=1S/C25H26ClNO6/c1-3-32-20-13-15(10-11-18(20)26)23(28)21-22(17-8-4-5-9-19(17)31-2)27(25(30)24(21)29)14-16-7-6-12-33-16/h4-5,8-11,13,16,22,28H,3,6-7,12,14H2,1-2H3/b23-21+. The second-order valence-corrected chi connectivity index (χ2v) is 8.31. The van der Waals surface area contributed by atoms with E-state index >= 15 is 0 Å². The van der Waals surface area contributed by atoms with Crippen molar-refractivity contribution in [2.45, 2.75) is 31.9 Å². The number of para-hydroxylation sites is 1. The number of hydrogen-bond donors (Lipinski definition) is 1. The fourth-order valence-electron chi connectivity index (χ4n) is 4.36. The number of aliphatic hydroxyl groups is 1. The lowest BCUT2D eigenvalue weighted by Gasteiger charge is -2.28. The molecule has 0 aliphatic carbocycles. The SMILES string of the molecule is CCOc1cc(/C(O)=C2\C(=O)C(=O)N(CC3CCCO3)C2c2ccccc2OC)ccc1Cl. The highest BCUT2D eigenvalue weighted by Gasteiger charge is 2.48. The van der Waals surface area contributed by atoms with Gasteiger partial charge >= 0.3 is 0 Å². The number of methoxy groups -OCH3 is 1. The first-order chi connectivity index (χ1) is 16.0. The third kappa shape index (κ3) is 4.43. The Hall–Kier alpha value is -3.03. The second kappa shape index (κ2) is 9.85. The van der Waals surface area contributed by atoms with Crippen LogP contribution >= 0.6 is 11.6 Å². The minimum absolute atomic E-state index is 0.00716. The monoisotopic (exact) mass is 471 g/mol. The molecular formula is C25H26ClNO6. The van der Waals surface area contributed by atoms with E-state index < -0.39 is 17.7 Å². The molecule has 174 valence electrons. The summed E-state index contributed by atoms with van der Waals surface area (Å²) < 4.78 is 16.8. The van der Waals surface area contributed by atoms with Crippen LogP contribution in [0.5, 0.6) is 11.5 Å². The molecule has 33 heavy (non-hydrogen) atoms. The predicted octanol–water partition coefficient (Wildman–Crippen LogP) is 4.35. The number of halogens is 1. The van der Waals surface area contributed by atoms with Gasteiger partial charge in [-0.3, -0.25) is 9.59 Å². The Morgan fingerprint density at radius 3 is 2.70 bits per heavy atom. The number of benzene rings is 2. The van der Waals surface area contributed by atoms with E-state index in [0.29, 0.717) is 40.9 Å². The van der Waals surface area contributed by atoms with Crippen molar-refractivity contribution >= 4 is 29.1 Å². The van der Waals surface area contributed by atoms with Crippen LogP contribution in [0.2, 0.25) is 5.02 Å². The minimum Gasteiger partial charge on any atom is -0.507 e. The molecular weight excluding hydrogens is 446 g/mol. The highest BCUT2D eigenvalue weighted by molar-refractivity contribution is 6.46. The predicted molar refractivity (Wildman–Crippen MR) is 124 cm³/mol.